The van der Waals surface area contributed by atoms with E-state index in [4.69, 9.17) is 4.74 Å². The van der Waals surface area contributed by atoms with Crippen LogP contribution in [0.3, 0.4) is 0 Å². The highest BCUT2D eigenvalue weighted by atomic mass is 127. The lowest BCUT2D eigenvalue weighted by Crippen LogP contribution is -2.38. The Labute approximate surface area is 168 Å². The lowest BCUT2D eigenvalue weighted by Gasteiger charge is -2.20. The zero-order valence-corrected chi connectivity index (χ0v) is 17.8. The molecule has 7 heteroatoms. The van der Waals surface area contributed by atoms with Crippen molar-refractivity contribution in [3.63, 3.8) is 0 Å². The second-order valence-corrected chi connectivity index (χ2v) is 6.13. The summed E-state index contributed by atoms with van der Waals surface area (Å²) in [5.74, 6) is 1.47. The highest BCUT2D eigenvalue weighted by Gasteiger charge is 2.08. The number of nitrogens with one attached hydrogen (secondary N) is 2. The normalized spacial score (nSPS) is 15.8. The molecular weight excluding hydrogens is 429 g/mol. The molecule has 1 aliphatic rings. The predicted octanol–water partition coefficient (Wildman–Crippen LogP) is 2.64. The summed E-state index contributed by atoms with van der Waals surface area (Å²) in [6.07, 6.45) is 8.36. The van der Waals surface area contributed by atoms with Crippen molar-refractivity contribution in [2.24, 2.45) is 4.99 Å². The summed E-state index contributed by atoms with van der Waals surface area (Å²) in [5, 5.41) is 6.70. The molecule has 2 N–H and O–H groups in total. The third-order valence-corrected chi connectivity index (χ3v) is 4.36. The number of halogens is 1. The fraction of sp³-hybridized carbons (Fsp3) is 0.667. The highest BCUT2D eigenvalue weighted by Crippen LogP contribution is 2.12. The summed E-state index contributed by atoms with van der Waals surface area (Å²) < 4.78 is 5.27. The van der Waals surface area contributed by atoms with Gasteiger partial charge in [-0.15, -0.1) is 24.0 Å². The maximum absolute atomic E-state index is 5.27. The Hall–Kier alpha value is -1.09. The number of pyridine rings is 1. The van der Waals surface area contributed by atoms with E-state index in [-0.39, 0.29) is 24.0 Å². The van der Waals surface area contributed by atoms with Gasteiger partial charge < -0.3 is 20.3 Å². The number of rotatable bonds is 7. The summed E-state index contributed by atoms with van der Waals surface area (Å²) in [5.41, 5.74) is 1.02. The van der Waals surface area contributed by atoms with Crippen LogP contribution in [0.15, 0.2) is 23.3 Å². The van der Waals surface area contributed by atoms with E-state index in [0.717, 1.165) is 24.5 Å². The van der Waals surface area contributed by atoms with Gasteiger partial charge in [0.2, 0.25) is 5.88 Å². The number of hydrogen-bond acceptors (Lipinski definition) is 4. The van der Waals surface area contributed by atoms with Crippen molar-refractivity contribution in [3.8, 4) is 5.88 Å². The smallest absolute Gasteiger partial charge is 0.218 e. The first-order valence-corrected chi connectivity index (χ1v) is 8.98. The van der Waals surface area contributed by atoms with E-state index in [0.29, 0.717) is 12.4 Å². The summed E-state index contributed by atoms with van der Waals surface area (Å²) in [7, 11) is 3.44. The molecule has 0 spiro atoms. The standard InChI is InChI=1S/C18H31N5O.HI/c1-19-18(22-15-16-9-7-10-20-17(16)24-2)21-11-8-14-23-12-5-3-4-6-13-23;/h7,9-10H,3-6,8,11-15H2,1-2H3,(H2,19,21,22);1H. The fourth-order valence-electron chi connectivity index (χ4n) is 3.01. The van der Waals surface area contributed by atoms with E-state index >= 15 is 0 Å². The summed E-state index contributed by atoms with van der Waals surface area (Å²) in [6.45, 7) is 5.26. The van der Waals surface area contributed by atoms with Crippen molar-refractivity contribution in [2.75, 3.05) is 40.3 Å². The van der Waals surface area contributed by atoms with Gasteiger partial charge in [0.15, 0.2) is 5.96 Å². The molecule has 1 aromatic rings. The van der Waals surface area contributed by atoms with E-state index in [1.165, 1.54) is 45.3 Å². The molecule has 1 aromatic heterocycles. The molecule has 6 nitrogen and oxygen atoms in total. The Bertz CT molecular complexity index is 504. The van der Waals surface area contributed by atoms with Gasteiger partial charge in [0.25, 0.3) is 0 Å². The first-order chi connectivity index (χ1) is 11.8. The summed E-state index contributed by atoms with van der Waals surface area (Å²) in [6, 6.07) is 3.92. The molecule has 0 radical (unpaired) electrons. The Kier molecular flexibility index (Phi) is 11.6. The minimum Gasteiger partial charge on any atom is -0.481 e. The SMILES string of the molecule is CN=C(NCCCN1CCCCCC1)NCc1cccnc1OC.I. The molecule has 142 valence electrons. The van der Waals surface area contributed by atoms with Crippen LogP contribution in [0.2, 0.25) is 0 Å². The third-order valence-electron chi connectivity index (χ3n) is 4.36. The van der Waals surface area contributed by atoms with Crippen molar-refractivity contribution in [2.45, 2.75) is 38.6 Å². The molecule has 0 aromatic carbocycles. The molecule has 2 heterocycles. The van der Waals surface area contributed by atoms with Crippen molar-refractivity contribution in [1.29, 1.82) is 0 Å². The van der Waals surface area contributed by atoms with Gasteiger partial charge in [0.05, 0.1) is 7.11 Å². The van der Waals surface area contributed by atoms with Gasteiger partial charge in [-0.05, 0) is 45.0 Å². The van der Waals surface area contributed by atoms with Crippen LogP contribution in [-0.2, 0) is 6.54 Å². The number of aliphatic imine (C=N–C) groups is 1. The first-order valence-electron chi connectivity index (χ1n) is 8.98. The molecule has 0 atom stereocenters. The zero-order valence-electron chi connectivity index (χ0n) is 15.5. The van der Waals surface area contributed by atoms with E-state index in [9.17, 15) is 0 Å². The maximum atomic E-state index is 5.27. The fourth-order valence-corrected chi connectivity index (χ4v) is 3.01. The van der Waals surface area contributed by atoms with Crippen LogP contribution in [-0.4, -0.2) is 56.2 Å². The number of guanidine groups is 1. The lowest BCUT2D eigenvalue weighted by atomic mass is 10.2. The van der Waals surface area contributed by atoms with Gasteiger partial charge in [-0.3, -0.25) is 4.99 Å². The molecule has 0 aliphatic carbocycles. The van der Waals surface area contributed by atoms with Crippen LogP contribution in [0.5, 0.6) is 5.88 Å². The van der Waals surface area contributed by atoms with Crippen molar-refractivity contribution < 1.29 is 4.74 Å². The maximum Gasteiger partial charge on any atom is 0.218 e. The number of ether oxygens (including phenoxy) is 1. The molecule has 0 unspecified atom stereocenters. The number of likely N-dealkylation sites (tertiary alicyclic amines) is 1. The molecule has 1 aliphatic heterocycles. The number of methoxy groups -OCH3 is 1. The van der Waals surface area contributed by atoms with Crippen LogP contribution in [0.4, 0.5) is 0 Å². The number of aromatic nitrogens is 1. The third kappa shape index (κ3) is 8.22. The van der Waals surface area contributed by atoms with Gasteiger partial charge in [-0.2, -0.15) is 0 Å². The molecule has 25 heavy (non-hydrogen) atoms. The second kappa shape index (κ2) is 13.2. The topological polar surface area (TPSA) is 61.8 Å². The Morgan fingerprint density at radius 1 is 1.24 bits per heavy atom. The van der Waals surface area contributed by atoms with Crippen LogP contribution < -0.4 is 15.4 Å². The van der Waals surface area contributed by atoms with Gasteiger partial charge in [-0.25, -0.2) is 4.98 Å². The van der Waals surface area contributed by atoms with Crippen molar-refractivity contribution in [1.82, 2.24) is 20.5 Å². The lowest BCUT2D eigenvalue weighted by molar-refractivity contribution is 0.282. The monoisotopic (exact) mass is 461 g/mol. The first kappa shape index (κ1) is 22.0. The zero-order chi connectivity index (χ0) is 17.0. The quantitative estimate of drug-likeness (QED) is 0.283. The number of hydrogen-bond donors (Lipinski definition) is 2. The van der Waals surface area contributed by atoms with E-state index in [2.05, 4.69) is 25.5 Å². The molecular formula is C18H32IN5O. The Morgan fingerprint density at radius 2 is 2.00 bits per heavy atom. The minimum atomic E-state index is 0. The van der Waals surface area contributed by atoms with Gasteiger partial charge in [0, 0.05) is 31.9 Å². The van der Waals surface area contributed by atoms with E-state index < -0.39 is 0 Å². The van der Waals surface area contributed by atoms with E-state index in [1.807, 2.05) is 12.1 Å². The molecule has 0 saturated carbocycles. The Morgan fingerprint density at radius 3 is 2.68 bits per heavy atom. The molecule has 0 bridgehead atoms. The minimum absolute atomic E-state index is 0. The van der Waals surface area contributed by atoms with Crippen LogP contribution in [0.1, 0.15) is 37.7 Å². The van der Waals surface area contributed by atoms with Crippen LogP contribution >= 0.6 is 24.0 Å². The summed E-state index contributed by atoms with van der Waals surface area (Å²) >= 11 is 0. The van der Waals surface area contributed by atoms with Crippen LogP contribution in [0.25, 0.3) is 0 Å². The van der Waals surface area contributed by atoms with Crippen LogP contribution in [0, 0.1) is 0 Å². The van der Waals surface area contributed by atoms with Crippen molar-refractivity contribution in [3.05, 3.63) is 23.9 Å². The largest absolute Gasteiger partial charge is 0.481 e. The average Bonchev–Trinajstić information content (AvgIpc) is 2.90. The van der Waals surface area contributed by atoms with Gasteiger partial charge in [0.1, 0.15) is 0 Å². The highest BCUT2D eigenvalue weighted by molar-refractivity contribution is 14.0. The van der Waals surface area contributed by atoms with E-state index in [1.54, 1.807) is 20.4 Å². The molecule has 0 amide bonds. The predicted molar refractivity (Wildman–Crippen MR) is 114 cm³/mol. The van der Waals surface area contributed by atoms with Gasteiger partial charge in [-0.1, -0.05) is 18.9 Å². The van der Waals surface area contributed by atoms with Crippen molar-refractivity contribution >= 4 is 29.9 Å². The number of nitrogens with zero attached hydrogens (tertiary/aromatic N) is 3. The average molecular weight is 461 g/mol. The molecule has 1 fully saturated rings. The molecule has 2 rings (SSSR count). The second-order valence-electron chi connectivity index (χ2n) is 6.13. The summed E-state index contributed by atoms with van der Waals surface area (Å²) in [4.78, 5) is 11.1. The Balaban J connectivity index is 0.00000312. The molecule has 1 saturated heterocycles. The van der Waals surface area contributed by atoms with Gasteiger partial charge >= 0.3 is 0 Å².